The van der Waals surface area contributed by atoms with Crippen LogP contribution in [0.3, 0.4) is 0 Å². The van der Waals surface area contributed by atoms with Crippen molar-refractivity contribution in [1.82, 2.24) is 5.32 Å². The second-order valence-electron chi connectivity index (χ2n) is 6.35. The predicted molar refractivity (Wildman–Crippen MR) is 112 cm³/mol. The average Bonchev–Trinajstić information content (AvgIpc) is 3.16. The van der Waals surface area contributed by atoms with Crippen molar-refractivity contribution >= 4 is 39.1 Å². The Labute approximate surface area is 178 Å². The maximum absolute atomic E-state index is 6.21. The summed E-state index contributed by atoms with van der Waals surface area (Å²) in [5.41, 5.74) is 1.84. The van der Waals surface area contributed by atoms with E-state index in [9.17, 15) is 0 Å². The van der Waals surface area contributed by atoms with Crippen LogP contribution in [0.25, 0.3) is 0 Å². The zero-order chi connectivity index (χ0) is 19.2. The van der Waals surface area contributed by atoms with Crippen molar-refractivity contribution in [3.8, 4) is 11.5 Å². The first-order valence-electron chi connectivity index (χ1n) is 8.83. The maximum atomic E-state index is 6.21. The highest BCUT2D eigenvalue weighted by Gasteiger charge is 2.16. The molecule has 1 heterocycles. The van der Waals surface area contributed by atoms with Gasteiger partial charge in [-0.15, -0.1) is 0 Å². The molecule has 7 heteroatoms. The van der Waals surface area contributed by atoms with Crippen molar-refractivity contribution in [3.05, 3.63) is 56.0 Å². The van der Waals surface area contributed by atoms with Crippen molar-refractivity contribution < 1.29 is 14.2 Å². The van der Waals surface area contributed by atoms with Gasteiger partial charge in [-0.3, -0.25) is 0 Å². The van der Waals surface area contributed by atoms with Crippen LogP contribution in [0.4, 0.5) is 0 Å². The highest BCUT2D eigenvalue weighted by atomic mass is 79.9. The van der Waals surface area contributed by atoms with Crippen LogP contribution >= 0.6 is 39.1 Å². The molecule has 2 aromatic carbocycles. The number of benzene rings is 2. The Morgan fingerprint density at radius 1 is 1.22 bits per heavy atom. The summed E-state index contributed by atoms with van der Waals surface area (Å²) in [6, 6.07) is 9.27. The van der Waals surface area contributed by atoms with E-state index in [1.54, 1.807) is 19.2 Å². The molecular weight excluding hydrogens is 453 g/mol. The maximum Gasteiger partial charge on any atom is 0.162 e. The lowest BCUT2D eigenvalue weighted by atomic mass is 10.2. The van der Waals surface area contributed by atoms with Crippen LogP contribution in [0.15, 0.2) is 34.8 Å². The molecule has 1 aliphatic heterocycles. The first-order valence-corrected chi connectivity index (χ1v) is 10.4. The highest BCUT2D eigenvalue weighted by molar-refractivity contribution is 9.10. The highest BCUT2D eigenvalue weighted by Crippen LogP contribution is 2.35. The minimum absolute atomic E-state index is 0.262. The predicted octanol–water partition coefficient (Wildman–Crippen LogP) is 5.61. The summed E-state index contributed by atoms with van der Waals surface area (Å²) in [5, 5.41) is 4.60. The summed E-state index contributed by atoms with van der Waals surface area (Å²) in [6.07, 6.45) is 2.58. The van der Waals surface area contributed by atoms with E-state index in [4.69, 9.17) is 37.4 Å². The molecule has 1 fully saturated rings. The lowest BCUT2D eigenvalue weighted by Crippen LogP contribution is -2.25. The molecule has 1 atom stereocenters. The zero-order valence-corrected chi connectivity index (χ0v) is 18.2. The molecule has 0 radical (unpaired) electrons. The third-order valence-electron chi connectivity index (χ3n) is 4.48. The number of ether oxygens (including phenoxy) is 3. The number of methoxy groups -OCH3 is 1. The fourth-order valence-electron chi connectivity index (χ4n) is 2.98. The number of nitrogens with one attached hydrogen (secondary N) is 1. The Morgan fingerprint density at radius 3 is 2.67 bits per heavy atom. The van der Waals surface area contributed by atoms with Gasteiger partial charge in [-0.1, -0.05) is 45.2 Å². The van der Waals surface area contributed by atoms with Gasteiger partial charge >= 0.3 is 0 Å². The fourth-order valence-corrected chi connectivity index (χ4v) is 3.95. The lowest BCUT2D eigenvalue weighted by Gasteiger charge is -2.16. The van der Waals surface area contributed by atoms with Gasteiger partial charge in [0.2, 0.25) is 0 Å². The van der Waals surface area contributed by atoms with Crippen molar-refractivity contribution in [2.75, 3.05) is 20.3 Å². The third-order valence-corrected chi connectivity index (χ3v) is 5.92. The summed E-state index contributed by atoms with van der Waals surface area (Å²) in [5.74, 6) is 1.29. The summed E-state index contributed by atoms with van der Waals surface area (Å²) in [6.45, 7) is 2.69. The molecule has 1 aliphatic rings. The minimum Gasteiger partial charge on any atom is -0.493 e. The molecule has 3 rings (SSSR count). The van der Waals surface area contributed by atoms with Crippen molar-refractivity contribution in [1.29, 1.82) is 0 Å². The molecule has 1 N–H and O–H groups in total. The standard InChI is InChI=1S/C20H22BrCl2NO3/c1-25-19-8-13(10-24-11-14-4-3-7-26-14)16(21)9-20(19)27-12-15-17(22)5-2-6-18(15)23/h2,5-6,8-9,14,24H,3-4,7,10-12H2,1H3. The van der Waals surface area contributed by atoms with Gasteiger partial charge in [-0.25, -0.2) is 0 Å². The summed E-state index contributed by atoms with van der Waals surface area (Å²) >= 11 is 16.0. The molecule has 0 spiro atoms. The van der Waals surface area contributed by atoms with Crippen molar-refractivity contribution in [2.45, 2.75) is 32.1 Å². The van der Waals surface area contributed by atoms with Crippen molar-refractivity contribution in [3.63, 3.8) is 0 Å². The monoisotopic (exact) mass is 473 g/mol. The summed E-state index contributed by atoms with van der Waals surface area (Å²) < 4.78 is 18.0. The first kappa shape index (κ1) is 20.7. The van der Waals surface area contributed by atoms with Gasteiger partial charge in [-0.2, -0.15) is 0 Å². The van der Waals surface area contributed by atoms with Crippen LogP contribution < -0.4 is 14.8 Å². The molecule has 146 valence electrons. The van der Waals surface area contributed by atoms with Crippen LogP contribution in [0, 0.1) is 0 Å². The van der Waals surface area contributed by atoms with Gasteiger partial charge in [0.05, 0.1) is 13.2 Å². The van der Waals surface area contributed by atoms with Gasteiger partial charge < -0.3 is 19.5 Å². The molecule has 1 saturated heterocycles. The van der Waals surface area contributed by atoms with Crippen LogP contribution in [0.5, 0.6) is 11.5 Å². The zero-order valence-electron chi connectivity index (χ0n) is 15.1. The van der Waals surface area contributed by atoms with E-state index in [1.165, 1.54) is 0 Å². The fraction of sp³-hybridized carbons (Fsp3) is 0.400. The molecule has 0 aromatic heterocycles. The van der Waals surface area contributed by atoms with Gasteiger partial charge in [0.25, 0.3) is 0 Å². The number of hydrogen-bond donors (Lipinski definition) is 1. The molecule has 0 amide bonds. The third kappa shape index (κ3) is 5.52. The average molecular weight is 475 g/mol. The van der Waals surface area contributed by atoms with Crippen molar-refractivity contribution in [2.24, 2.45) is 0 Å². The molecule has 2 aromatic rings. The van der Waals surface area contributed by atoms with E-state index >= 15 is 0 Å². The lowest BCUT2D eigenvalue weighted by molar-refractivity contribution is 0.110. The molecular formula is C20H22BrCl2NO3. The first-order chi connectivity index (χ1) is 13.1. The van der Waals surface area contributed by atoms with E-state index in [1.807, 2.05) is 18.2 Å². The Hall–Kier alpha value is -0.980. The minimum atomic E-state index is 0.262. The SMILES string of the molecule is COc1cc(CNCC2CCCO2)c(Br)cc1OCc1c(Cl)cccc1Cl. The van der Waals surface area contributed by atoms with Crippen LogP contribution in [0.1, 0.15) is 24.0 Å². The van der Waals surface area contributed by atoms with E-state index < -0.39 is 0 Å². The van der Waals surface area contributed by atoms with Gasteiger partial charge in [0.1, 0.15) is 6.61 Å². The second kappa shape index (κ2) is 9.99. The largest absolute Gasteiger partial charge is 0.493 e. The number of rotatable bonds is 8. The number of hydrogen-bond acceptors (Lipinski definition) is 4. The second-order valence-corrected chi connectivity index (χ2v) is 8.02. The Bertz CT molecular complexity index is 762. The smallest absolute Gasteiger partial charge is 0.162 e. The normalized spacial score (nSPS) is 16.5. The van der Waals surface area contributed by atoms with E-state index in [0.717, 1.165) is 41.6 Å². The Morgan fingerprint density at radius 2 is 2.00 bits per heavy atom. The number of halogens is 3. The summed E-state index contributed by atoms with van der Waals surface area (Å²) in [4.78, 5) is 0. The van der Waals surface area contributed by atoms with E-state index in [2.05, 4.69) is 21.2 Å². The van der Waals surface area contributed by atoms with Gasteiger partial charge in [-0.05, 0) is 42.7 Å². The van der Waals surface area contributed by atoms with Crippen LogP contribution in [-0.4, -0.2) is 26.4 Å². The molecule has 0 saturated carbocycles. The van der Waals surface area contributed by atoms with E-state index in [0.29, 0.717) is 34.2 Å². The quantitative estimate of drug-likeness (QED) is 0.539. The topological polar surface area (TPSA) is 39.7 Å². The Balaban J connectivity index is 1.66. The Kier molecular flexibility index (Phi) is 7.67. The van der Waals surface area contributed by atoms with Crippen LogP contribution in [-0.2, 0) is 17.9 Å². The van der Waals surface area contributed by atoms with E-state index in [-0.39, 0.29) is 6.61 Å². The molecule has 27 heavy (non-hydrogen) atoms. The summed E-state index contributed by atoms with van der Waals surface area (Å²) in [7, 11) is 1.63. The molecule has 1 unspecified atom stereocenters. The van der Waals surface area contributed by atoms with Gasteiger partial charge in [0, 0.05) is 39.8 Å². The molecule has 0 bridgehead atoms. The molecule has 4 nitrogen and oxygen atoms in total. The van der Waals surface area contributed by atoms with Gasteiger partial charge in [0.15, 0.2) is 11.5 Å². The molecule has 0 aliphatic carbocycles. The van der Waals surface area contributed by atoms with Crippen LogP contribution in [0.2, 0.25) is 10.0 Å².